The van der Waals surface area contributed by atoms with Gasteiger partial charge in [0.1, 0.15) is 16.6 Å². The van der Waals surface area contributed by atoms with E-state index in [0.717, 1.165) is 23.6 Å². The van der Waals surface area contributed by atoms with Crippen LogP contribution in [0, 0.1) is 0 Å². The molecule has 0 N–H and O–H groups in total. The first kappa shape index (κ1) is 19.8. The fourth-order valence-electron chi connectivity index (χ4n) is 3.98. The molecule has 0 spiro atoms. The van der Waals surface area contributed by atoms with Gasteiger partial charge in [-0.15, -0.1) is 10.2 Å². The third-order valence-electron chi connectivity index (χ3n) is 5.60. The molecule has 10 heteroatoms. The molecule has 0 aliphatic carbocycles. The molecular weight excluding hydrogens is 416 g/mol. The molecular formula is C21H22N6O3S. The molecule has 5 rings (SSSR count). The maximum absolute atomic E-state index is 13.3. The smallest absolute Gasteiger partial charge is 0.266 e. The Bertz CT molecular complexity index is 1320. The number of sulfonamides is 1. The summed E-state index contributed by atoms with van der Waals surface area (Å²) >= 11 is 0. The van der Waals surface area contributed by atoms with E-state index in [1.165, 1.54) is 10.5 Å². The van der Waals surface area contributed by atoms with Gasteiger partial charge < -0.3 is 4.42 Å². The number of pyridine rings is 1. The molecule has 1 aliphatic heterocycles. The van der Waals surface area contributed by atoms with Crippen LogP contribution in [0.4, 0.5) is 0 Å². The first-order valence-electron chi connectivity index (χ1n) is 10.3. The van der Waals surface area contributed by atoms with Crippen LogP contribution >= 0.6 is 0 Å². The maximum atomic E-state index is 13.3. The van der Waals surface area contributed by atoms with E-state index < -0.39 is 16.1 Å². The number of fused-ring (bicyclic) bond motifs is 1. The quantitative estimate of drug-likeness (QED) is 0.470. The van der Waals surface area contributed by atoms with Crippen molar-refractivity contribution in [1.29, 1.82) is 0 Å². The van der Waals surface area contributed by atoms with Crippen LogP contribution in [-0.2, 0) is 16.6 Å². The zero-order chi connectivity index (χ0) is 21.4. The van der Waals surface area contributed by atoms with Crippen molar-refractivity contribution in [3.05, 3.63) is 54.8 Å². The zero-order valence-corrected chi connectivity index (χ0v) is 17.9. The minimum absolute atomic E-state index is 0.178. The number of benzene rings is 1. The minimum Gasteiger partial charge on any atom is -0.417 e. The van der Waals surface area contributed by atoms with Gasteiger partial charge in [-0.2, -0.15) is 9.40 Å². The van der Waals surface area contributed by atoms with E-state index in [1.807, 2.05) is 37.3 Å². The fraction of sp³-hybridized carbons (Fsp3) is 0.333. The summed E-state index contributed by atoms with van der Waals surface area (Å²) < 4.78 is 35.7. The highest BCUT2D eigenvalue weighted by Gasteiger charge is 2.38. The molecule has 31 heavy (non-hydrogen) atoms. The summed E-state index contributed by atoms with van der Waals surface area (Å²) in [6.45, 7) is 2.91. The van der Waals surface area contributed by atoms with Crippen LogP contribution in [-0.4, -0.2) is 44.2 Å². The van der Waals surface area contributed by atoms with Crippen LogP contribution < -0.4 is 0 Å². The molecule has 0 amide bonds. The van der Waals surface area contributed by atoms with E-state index in [9.17, 15) is 8.42 Å². The van der Waals surface area contributed by atoms with Gasteiger partial charge in [0.25, 0.3) is 5.89 Å². The number of nitrogens with zero attached hydrogens (tertiary/aromatic N) is 6. The molecule has 0 bridgehead atoms. The Morgan fingerprint density at radius 3 is 2.87 bits per heavy atom. The molecule has 1 aliphatic rings. The average Bonchev–Trinajstić information content (AvgIpc) is 3.49. The van der Waals surface area contributed by atoms with E-state index in [0.29, 0.717) is 25.2 Å². The largest absolute Gasteiger partial charge is 0.417 e. The predicted octanol–water partition coefficient (Wildman–Crippen LogP) is 3.42. The highest BCUT2D eigenvalue weighted by atomic mass is 32.2. The Morgan fingerprint density at radius 2 is 2.03 bits per heavy atom. The Kier molecular flexibility index (Phi) is 5.03. The Balaban J connectivity index is 1.51. The topological polar surface area (TPSA) is 107 Å². The van der Waals surface area contributed by atoms with Gasteiger partial charge in [-0.25, -0.2) is 8.42 Å². The Morgan fingerprint density at radius 1 is 1.16 bits per heavy atom. The van der Waals surface area contributed by atoms with Crippen LogP contribution in [0.25, 0.3) is 22.4 Å². The molecule has 3 aromatic heterocycles. The van der Waals surface area contributed by atoms with E-state index in [2.05, 4.69) is 20.3 Å². The predicted molar refractivity (Wildman–Crippen MR) is 113 cm³/mol. The van der Waals surface area contributed by atoms with Crippen molar-refractivity contribution in [2.75, 3.05) is 6.54 Å². The lowest BCUT2D eigenvalue weighted by Crippen LogP contribution is -2.38. The van der Waals surface area contributed by atoms with Gasteiger partial charge in [0.2, 0.25) is 15.9 Å². The second-order valence-corrected chi connectivity index (χ2v) is 9.38. The molecule has 0 saturated carbocycles. The standard InChI is InChI=1S/C21H22N6O3S/c1-2-26-14-16(13-23-26)31(28,29)27-12-6-5-9-18(27)20-24-25-21(30-20)19-17-8-4-3-7-15(17)10-11-22-19/h3-4,7-8,10-11,13-14,18H,2,5-6,9,12H2,1H3/t18-/m1/s1. The van der Waals surface area contributed by atoms with Crippen molar-refractivity contribution in [3.8, 4) is 11.6 Å². The summed E-state index contributed by atoms with van der Waals surface area (Å²) in [6, 6.07) is 9.23. The molecule has 4 aromatic rings. The van der Waals surface area contributed by atoms with Crippen molar-refractivity contribution < 1.29 is 12.8 Å². The fourth-order valence-corrected chi connectivity index (χ4v) is 5.59. The highest BCUT2D eigenvalue weighted by Crippen LogP contribution is 2.36. The third kappa shape index (κ3) is 3.51. The lowest BCUT2D eigenvalue weighted by atomic mass is 10.1. The van der Waals surface area contributed by atoms with Crippen LogP contribution in [0.15, 0.2) is 58.2 Å². The monoisotopic (exact) mass is 438 g/mol. The molecule has 9 nitrogen and oxygen atoms in total. The number of aromatic nitrogens is 5. The van der Waals surface area contributed by atoms with E-state index in [1.54, 1.807) is 17.1 Å². The summed E-state index contributed by atoms with van der Waals surface area (Å²) in [5, 5.41) is 14.5. The second-order valence-electron chi connectivity index (χ2n) is 7.49. The van der Waals surface area contributed by atoms with Crippen molar-refractivity contribution in [2.45, 2.75) is 43.7 Å². The summed E-state index contributed by atoms with van der Waals surface area (Å²) in [6.07, 6.45) is 6.93. The van der Waals surface area contributed by atoms with Gasteiger partial charge in [0.05, 0.1) is 6.20 Å². The molecule has 1 aromatic carbocycles. The summed E-state index contributed by atoms with van der Waals surface area (Å²) in [5.74, 6) is 0.574. The van der Waals surface area contributed by atoms with Gasteiger partial charge in [-0.3, -0.25) is 9.67 Å². The number of aryl methyl sites for hydroxylation is 1. The number of piperidine rings is 1. The molecule has 1 atom stereocenters. The van der Waals surface area contributed by atoms with Crippen molar-refractivity contribution in [3.63, 3.8) is 0 Å². The average molecular weight is 439 g/mol. The van der Waals surface area contributed by atoms with Gasteiger partial charge >= 0.3 is 0 Å². The molecule has 160 valence electrons. The Labute approximate surface area is 179 Å². The Hall–Kier alpha value is -3.11. The van der Waals surface area contributed by atoms with Gasteiger partial charge in [-0.1, -0.05) is 30.7 Å². The third-order valence-corrected chi connectivity index (χ3v) is 7.46. The number of hydrogen-bond donors (Lipinski definition) is 0. The summed E-state index contributed by atoms with van der Waals surface area (Å²) in [4.78, 5) is 4.60. The first-order chi connectivity index (χ1) is 15.1. The molecule has 1 fully saturated rings. The van der Waals surface area contributed by atoms with Crippen LogP contribution in [0.2, 0.25) is 0 Å². The highest BCUT2D eigenvalue weighted by molar-refractivity contribution is 7.89. The van der Waals surface area contributed by atoms with E-state index in [-0.39, 0.29) is 16.7 Å². The van der Waals surface area contributed by atoms with Crippen molar-refractivity contribution in [2.24, 2.45) is 0 Å². The van der Waals surface area contributed by atoms with Gasteiger partial charge in [0, 0.05) is 30.9 Å². The van der Waals surface area contributed by atoms with Gasteiger partial charge in [-0.05, 0) is 31.2 Å². The van der Waals surface area contributed by atoms with Crippen LogP contribution in [0.3, 0.4) is 0 Å². The molecule has 4 heterocycles. The zero-order valence-electron chi connectivity index (χ0n) is 17.0. The normalized spacial score (nSPS) is 17.9. The van der Waals surface area contributed by atoms with Gasteiger partial charge in [0.15, 0.2) is 0 Å². The molecule has 1 saturated heterocycles. The van der Waals surface area contributed by atoms with Crippen molar-refractivity contribution in [1.82, 2.24) is 29.3 Å². The SMILES string of the molecule is CCn1cc(S(=O)(=O)N2CCCC[C@@H]2c2nnc(-c3nccc4ccccc34)o2)cn1. The summed E-state index contributed by atoms with van der Waals surface area (Å²) in [5.41, 5.74) is 0.589. The summed E-state index contributed by atoms with van der Waals surface area (Å²) in [7, 11) is -3.73. The second kappa shape index (κ2) is 7.86. The van der Waals surface area contributed by atoms with E-state index >= 15 is 0 Å². The van der Waals surface area contributed by atoms with E-state index in [4.69, 9.17) is 4.42 Å². The molecule has 0 unspecified atom stereocenters. The minimum atomic E-state index is -3.73. The lowest BCUT2D eigenvalue weighted by molar-refractivity contribution is 0.220. The maximum Gasteiger partial charge on any atom is 0.266 e. The van der Waals surface area contributed by atoms with Crippen molar-refractivity contribution >= 4 is 20.8 Å². The van der Waals surface area contributed by atoms with Crippen LogP contribution in [0.5, 0.6) is 0 Å². The first-order valence-corrected chi connectivity index (χ1v) is 11.7. The number of hydrogen-bond acceptors (Lipinski definition) is 7. The lowest BCUT2D eigenvalue weighted by Gasteiger charge is -2.31. The number of rotatable bonds is 5. The molecule has 0 radical (unpaired) electrons. The van der Waals surface area contributed by atoms with Crippen LogP contribution in [0.1, 0.15) is 38.1 Å².